The Morgan fingerprint density at radius 3 is 1.71 bits per heavy atom. The number of hydrogen-bond donors (Lipinski definition) is 1. The van der Waals surface area contributed by atoms with E-state index in [1.807, 2.05) is 0 Å². The number of rotatable bonds is 5. The van der Waals surface area contributed by atoms with Gasteiger partial charge in [-0.15, -0.1) is 0 Å². The summed E-state index contributed by atoms with van der Waals surface area (Å²) >= 11 is 0. The molecule has 24 heavy (non-hydrogen) atoms. The van der Waals surface area contributed by atoms with Crippen LogP contribution in [0.2, 0.25) is 0 Å². The van der Waals surface area contributed by atoms with E-state index in [0.29, 0.717) is 0 Å². The van der Waals surface area contributed by atoms with E-state index in [-0.39, 0.29) is 6.61 Å². The molecule has 0 aromatic heterocycles. The van der Waals surface area contributed by atoms with Gasteiger partial charge >= 0.3 is 23.9 Å². The lowest BCUT2D eigenvalue weighted by molar-refractivity contribution is -0.296. The fourth-order valence-corrected chi connectivity index (χ4v) is 2.21. The van der Waals surface area contributed by atoms with Crippen molar-refractivity contribution in [2.75, 3.05) is 6.61 Å². The molecule has 136 valence electrons. The van der Waals surface area contributed by atoms with E-state index in [9.17, 15) is 24.3 Å². The summed E-state index contributed by atoms with van der Waals surface area (Å²) in [6.45, 7) is 4.09. The molecule has 1 N–H and O–H groups in total. The van der Waals surface area contributed by atoms with Crippen LogP contribution in [0.5, 0.6) is 0 Å². The van der Waals surface area contributed by atoms with E-state index in [1.54, 1.807) is 0 Å². The zero-order chi connectivity index (χ0) is 18.4. The van der Waals surface area contributed by atoms with Crippen molar-refractivity contribution in [2.45, 2.75) is 58.4 Å². The molecule has 5 atom stereocenters. The smallest absolute Gasteiger partial charge is 0.303 e. The highest BCUT2D eigenvalue weighted by molar-refractivity contribution is 5.68. The van der Waals surface area contributed by atoms with Gasteiger partial charge in [-0.3, -0.25) is 19.2 Å². The van der Waals surface area contributed by atoms with Gasteiger partial charge in [0.1, 0.15) is 12.7 Å². The van der Waals surface area contributed by atoms with Crippen LogP contribution in [-0.4, -0.2) is 66.3 Å². The van der Waals surface area contributed by atoms with Crippen LogP contribution in [0.4, 0.5) is 0 Å². The van der Waals surface area contributed by atoms with Gasteiger partial charge in [-0.2, -0.15) is 0 Å². The van der Waals surface area contributed by atoms with Crippen molar-refractivity contribution in [3.05, 3.63) is 0 Å². The number of ether oxygens (including phenoxy) is 5. The second-order valence-corrected chi connectivity index (χ2v) is 5.09. The van der Waals surface area contributed by atoms with Gasteiger partial charge in [0, 0.05) is 27.7 Å². The number of carbonyl (C=O) groups excluding carboxylic acids is 4. The van der Waals surface area contributed by atoms with Crippen molar-refractivity contribution in [1.29, 1.82) is 0 Å². The van der Waals surface area contributed by atoms with Crippen LogP contribution < -0.4 is 0 Å². The third-order valence-corrected chi connectivity index (χ3v) is 2.97. The maximum atomic E-state index is 11.3. The summed E-state index contributed by atoms with van der Waals surface area (Å²) in [5.41, 5.74) is 0. The maximum absolute atomic E-state index is 11.3. The van der Waals surface area contributed by atoms with Gasteiger partial charge in [-0.1, -0.05) is 0 Å². The van der Waals surface area contributed by atoms with Crippen molar-refractivity contribution < 1.29 is 48.0 Å². The molecule has 0 unspecified atom stereocenters. The van der Waals surface area contributed by atoms with Crippen LogP contribution in [0.15, 0.2) is 0 Å². The van der Waals surface area contributed by atoms with Crippen LogP contribution in [0.3, 0.4) is 0 Å². The summed E-state index contributed by atoms with van der Waals surface area (Å²) in [6.07, 6.45) is -6.79. The standard InChI is InChI=1S/C14H20O10/c1-6(15)20-5-10-11(21-7(2)16)12(22-8(3)17)13(14(19)24-10)23-9(4)18/h10-14,19H,5H2,1-4H3/t10-,11-,12+,13+,14-/m0/s1. The Bertz CT molecular complexity index is 502. The van der Waals surface area contributed by atoms with E-state index >= 15 is 0 Å². The lowest BCUT2D eigenvalue weighted by atomic mass is 9.98. The molecule has 0 aromatic rings. The van der Waals surface area contributed by atoms with Gasteiger partial charge in [0.2, 0.25) is 0 Å². The van der Waals surface area contributed by atoms with Gasteiger partial charge in [0.15, 0.2) is 24.6 Å². The Labute approximate surface area is 137 Å². The first-order chi connectivity index (χ1) is 11.1. The summed E-state index contributed by atoms with van der Waals surface area (Å²) in [5, 5.41) is 10.0. The average molecular weight is 348 g/mol. The van der Waals surface area contributed by atoms with Gasteiger partial charge < -0.3 is 28.8 Å². The van der Waals surface area contributed by atoms with Crippen molar-refractivity contribution in [3.63, 3.8) is 0 Å². The van der Waals surface area contributed by atoms with Gasteiger partial charge in [0.25, 0.3) is 0 Å². The molecular formula is C14H20O10. The Kier molecular flexibility index (Phi) is 7.11. The lowest BCUT2D eigenvalue weighted by Crippen LogP contribution is -2.62. The maximum Gasteiger partial charge on any atom is 0.303 e. The molecule has 1 aliphatic rings. The van der Waals surface area contributed by atoms with Crippen molar-refractivity contribution >= 4 is 23.9 Å². The monoisotopic (exact) mass is 348 g/mol. The predicted molar refractivity (Wildman–Crippen MR) is 74.2 cm³/mol. The molecule has 0 amide bonds. The predicted octanol–water partition coefficient (Wildman–Crippen LogP) is -0.938. The molecule has 0 aliphatic carbocycles. The Hall–Kier alpha value is -2.20. The Morgan fingerprint density at radius 2 is 1.25 bits per heavy atom. The molecular weight excluding hydrogens is 328 g/mol. The number of esters is 4. The first kappa shape index (κ1) is 19.8. The minimum atomic E-state index is -1.68. The molecule has 1 saturated heterocycles. The minimum Gasteiger partial charge on any atom is -0.463 e. The summed E-state index contributed by atoms with van der Waals surface area (Å²) in [4.78, 5) is 44.9. The largest absolute Gasteiger partial charge is 0.463 e. The summed E-state index contributed by atoms with van der Waals surface area (Å²) < 4.78 is 25.0. The lowest BCUT2D eigenvalue weighted by Gasteiger charge is -2.42. The molecule has 1 fully saturated rings. The van der Waals surface area contributed by atoms with E-state index in [0.717, 1.165) is 27.7 Å². The fourth-order valence-electron chi connectivity index (χ4n) is 2.21. The summed E-state index contributed by atoms with van der Waals surface area (Å²) in [6, 6.07) is 0. The van der Waals surface area contributed by atoms with Crippen molar-refractivity contribution in [2.24, 2.45) is 0 Å². The van der Waals surface area contributed by atoms with Crippen LogP contribution in [-0.2, 0) is 42.9 Å². The molecule has 0 aromatic carbocycles. The highest BCUT2D eigenvalue weighted by atomic mass is 16.7. The van der Waals surface area contributed by atoms with Crippen molar-refractivity contribution in [3.8, 4) is 0 Å². The summed E-state index contributed by atoms with van der Waals surface area (Å²) in [5.74, 6) is -2.87. The van der Waals surface area contributed by atoms with Gasteiger partial charge in [-0.05, 0) is 0 Å². The zero-order valence-electron chi connectivity index (χ0n) is 13.7. The molecule has 10 nitrogen and oxygen atoms in total. The molecule has 0 bridgehead atoms. The Balaban J connectivity index is 3.11. The zero-order valence-corrected chi connectivity index (χ0v) is 13.7. The van der Waals surface area contributed by atoms with Gasteiger partial charge in [-0.25, -0.2) is 0 Å². The fraction of sp³-hybridized carbons (Fsp3) is 0.714. The van der Waals surface area contributed by atoms with E-state index in [4.69, 9.17) is 23.7 Å². The second-order valence-electron chi connectivity index (χ2n) is 5.09. The molecule has 10 heteroatoms. The highest BCUT2D eigenvalue weighted by Crippen LogP contribution is 2.28. The van der Waals surface area contributed by atoms with Gasteiger partial charge in [0.05, 0.1) is 0 Å². The van der Waals surface area contributed by atoms with E-state index in [2.05, 4.69) is 0 Å². The SMILES string of the molecule is CC(=O)OC[C@@H]1O[C@H](O)[C@H](OC(C)=O)[C@H](OC(C)=O)[C@H]1OC(C)=O. The average Bonchev–Trinajstić information content (AvgIpc) is 2.42. The molecule has 1 heterocycles. The highest BCUT2D eigenvalue weighted by Gasteiger charge is 2.51. The second kappa shape index (κ2) is 8.60. The topological polar surface area (TPSA) is 135 Å². The van der Waals surface area contributed by atoms with Crippen LogP contribution in [0, 0.1) is 0 Å². The number of hydrogen-bond acceptors (Lipinski definition) is 10. The minimum absolute atomic E-state index is 0.366. The van der Waals surface area contributed by atoms with E-state index in [1.165, 1.54) is 0 Å². The van der Waals surface area contributed by atoms with Crippen molar-refractivity contribution in [1.82, 2.24) is 0 Å². The van der Waals surface area contributed by atoms with Crippen LogP contribution >= 0.6 is 0 Å². The molecule has 1 rings (SSSR count). The van der Waals surface area contributed by atoms with Crippen LogP contribution in [0.1, 0.15) is 27.7 Å². The third-order valence-electron chi connectivity index (χ3n) is 2.97. The molecule has 0 spiro atoms. The Morgan fingerprint density at radius 1 is 0.792 bits per heavy atom. The number of aliphatic hydroxyl groups is 1. The normalized spacial score (nSPS) is 29.3. The molecule has 0 saturated carbocycles. The quantitative estimate of drug-likeness (QED) is 0.490. The first-order valence-electron chi connectivity index (χ1n) is 7.10. The third kappa shape index (κ3) is 5.78. The van der Waals surface area contributed by atoms with Crippen LogP contribution in [0.25, 0.3) is 0 Å². The number of carbonyl (C=O) groups is 4. The first-order valence-corrected chi connectivity index (χ1v) is 7.10. The molecule has 1 aliphatic heterocycles. The number of aliphatic hydroxyl groups excluding tert-OH is 1. The van der Waals surface area contributed by atoms with E-state index < -0.39 is 54.6 Å². The summed E-state index contributed by atoms with van der Waals surface area (Å²) in [7, 11) is 0. The molecule has 0 radical (unpaired) electrons.